The molecular formula is C28H26ClN3O5. The first-order chi connectivity index (χ1) is 18.0. The van der Waals surface area contributed by atoms with Crippen LogP contribution in [0.5, 0.6) is 11.5 Å². The number of carbonyl (C=O) groups is 1. The molecule has 0 atom stereocenters. The minimum atomic E-state index is -0.393. The van der Waals surface area contributed by atoms with Crippen LogP contribution in [0.2, 0.25) is 5.02 Å². The fraction of sp³-hybridized carbons (Fsp3) is 0.250. The number of ether oxygens (including phenoxy) is 2. The number of unbranched alkanes of at least 4 members (excludes halogenated alkanes) is 1. The molecule has 1 N–H and O–H groups in total. The van der Waals surface area contributed by atoms with Gasteiger partial charge in [-0.25, -0.2) is 4.79 Å². The van der Waals surface area contributed by atoms with Gasteiger partial charge in [0, 0.05) is 24.5 Å². The van der Waals surface area contributed by atoms with E-state index in [1.54, 1.807) is 34.9 Å². The van der Waals surface area contributed by atoms with Gasteiger partial charge in [0.05, 0.1) is 17.4 Å². The maximum atomic E-state index is 13.4. The number of halogens is 1. The molecule has 0 radical (unpaired) electrons. The molecule has 1 aliphatic heterocycles. The van der Waals surface area contributed by atoms with E-state index in [4.69, 9.17) is 21.1 Å². The van der Waals surface area contributed by atoms with Crippen molar-refractivity contribution in [3.8, 4) is 11.5 Å². The van der Waals surface area contributed by atoms with Crippen molar-refractivity contribution in [2.45, 2.75) is 38.9 Å². The van der Waals surface area contributed by atoms with Crippen LogP contribution >= 0.6 is 11.6 Å². The van der Waals surface area contributed by atoms with Crippen molar-refractivity contribution in [2.75, 3.05) is 6.79 Å². The minimum absolute atomic E-state index is 0.0975. The predicted molar refractivity (Wildman–Crippen MR) is 141 cm³/mol. The van der Waals surface area contributed by atoms with Gasteiger partial charge in [-0.2, -0.15) is 0 Å². The Labute approximate surface area is 218 Å². The minimum Gasteiger partial charge on any atom is -0.454 e. The monoisotopic (exact) mass is 519 g/mol. The van der Waals surface area contributed by atoms with E-state index in [9.17, 15) is 14.4 Å². The normalized spacial score (nSPS) is 12.1. The van der Waals surface area contributed by atoms with Gasteiger partial charge < -0.3 is 14.8 Å². The van der Waals surface area contributed by atoms with Gasteiger partial charge in [-0.15, -0.1) is 0 Å². The Bertz CT molecular complexity index is 1580. The Morgan fingerprint density at radius 1 is 0.919 bits per heavy atom. The number of aromatic nitrogens is 2. The molecule has 0 aliphatic carbocycles. The highest BCUT2D eigenvalue weighted by molar-refractivity contribution is 6.31. The Morgan fingerprint density at radius 3 is 2.57 bits per heavy atom. The molecule has 3 aromatic carbocycles. The average Bonchev–Trinajstić information content (AvgIpc) is 3.38. The van der Waals surface area contributed by atoms with Crippen LogP contribution in [-0.4, -0.2) is 21.8 Å². The molecule has 1 aliphatic rings. The van der Waals surface area contributed by atoms with E-state index >= 15 is 0 Å². The average molecular weight is 520 g/mol. The molecular weight excluding hydrogens is 494 g/mol. The zero-order valence-electron chi connectivity index (χ0n) is 20.1. The fourth-order valence-corrected chi connectivity index (χ4v) is 4.61. The van der Waals surface area contributed by atoms with Crippen LogP contribution in [0.1, 0.15) is 30.4 Å². The van der Waals surface area contributed by atoms with Gasteiger partial charge in [0.15, 0.2) is 11.5 Å². The first-order valence-electron chi connectivity index (χ1n) is 12.1. The number of carbonyl (C=O) groups excluding carboxylic acids is 1. The zero-order valence-corrected chi connectivity index (χ0v) is 20.9. The Balaban J connectivity index is 1.24. The molecule has 4 aromatic rings. The summed E-state index contributed by atoms with van der Waals surface area (Å²) >= 11 is 6.34. The highest BCUT2D eigenvalue weighted by Gasteiger charge is 2.15. The molecule has 2 heterocycles. The van der Waals surface area contributed by atoms with Crippen LogP contribution in [0.3, 0.4) is 0 Å². The second kappa shape index (κ2) is 10.9. The topological polar surface area (TPSA) is 91.6 Å². The number of hydrogen-bond donors (Lipinski definition) is 1. The molecule has 1 aromatic heterocycles. The molecule has 0 fully saturated rings. The molecule has 5 rings (SSSR count). The van der Waals surface area contributed by atoms with E-state index in [0.29, 0.717) is 53.2 Å². The first kappa shape index (κ1) is 24.6. The lowest BCUT2D eigenvalue weighted by molar-refractivity contribution is -0.121. The smallest absolute Gasteiger partial charge is 0.331 e. The summed E-state index contributed by atoms with van der Waals surface area (Å²) in [4.78, 5) is 38.8. The number of amides is 1. The molecule has 0 saturated heterocycles. The fourth-order valence-electron chi connectivity index (χ4n) is 4.41. The number of hydrogen-bond acceptors (Lipinski definition) is 5. The van der Waals surface area contributed by atoms with Gasteiger partial charge in [0.25, 0.3) is 5.56 Å². The van der Waals surface area contributed by atoms with E-state index in [1.807, 2.05) is 36.4 Å². The summed E-state index contributed by atoms with van der Waals surface area (Å²) in [6.07, 6.45) is 1.34. The Kier molecular flexibility index (Phi) is 7.28. The largest absolute Gasteiger partial charge is 0.454 e. The highest BCUT2D eigenvalue weighted by atomic mass is 35.5. The standard InChI is InChI=1S/C28H26ClN3O5/c29-22-9-3-1-7-20(22)17-32-23-10-4-2-8-21(23)27(34)31(28(32)35)14-6-5-11-26(33)30-16-19-12-13-24-25(15-19)37-18-36-24/h1-4,7-10,12-13,15H,5-6,11,14,16-18H2,(H,30,33). The quantitative estimate of drug-likeness (QED) is 0.336. The molecule has 190 valence electrons. The third-order valence-electron chi connectivity index (χ3n) is 6.38. The maximum Gasteiger partial charge on any atom is 0.331 e. The third-order valence-corrected chi connectivity index (χ3v) is 6.75. The van der Waals surface area contributed by atoms with Crippen molar-refractivity contribution in [3.05, 3.63) is 104 Å². The van der Waals surface area contributed by atoms with Crippen LogP contribution in [0, 0.1) is 0 Å². The highest BCUT2D eigenvalue weighted by Crippen LogP contribution is 2.32. The van der Waals surface area contributed by atoms with Gasteiger partial charge in [0.1, 0.15) is 0 Å². The third kappa shape index (κ3) is 5.39. The summed E-state index contributed by atoms with van der Waals surface area (Å²) < 4.78 is 13.5. The van der Waals surface area contributed by atoms with E-state index < -0.39 is 5.69 Å². The molecule has 8 nitrogen and oxygen atoms in total. The summed E-state index contributed by atoms with van der Waals surface area (Å²) in [6, 6.07) is 20.0. The SMILES string of the molecule is O=C(CCCCn1c(=O)c2ccccc2n(Cc2ccccc2Cl)c1=O)NCc1ccc2c(c1)OCO2. The summed E-state index contributed by atoms with van der Waals surface area (Å²) in [7, 11) is 0. The summed E-state index contributed by atoms with van der Waals surface area (Å²) in [5, 5.41) is 3.92. The number of benzene rings is 3. The molecule has 0 unspecified atom stereocenters. The van der Waals surface area contributed by atoms with Gasteiger partial charge in [0.2, 0.25) is 12.7 Å². The predicted octanol–water partition coefficient (Wildman–Crippen LogP) is 4.08. The van der Waals surface area contributed by atoms with Gasteiger partial charge in [-0.05, 0) is 54.3 Å². The van der Waals surface area contributed by atoms with E-state index in [-0.39, 0.29) is 31.3 Å². The summed E-state index contributed by atoms with van der Waals surface area (Å²) in [5.74, 6) is 1.28. The van der Waals surface area contributed by atoms with Crippen molar-refractivity contribution >= 4 is 28.4 Å². The van der Waals surface area contributed by atoms with Crippen LogP contribution < -0.4 is 26.0 Å². The van der Waals surface area contributed by atoms with Crippen LogP contribution in [0.4, 0.5) is 0 Å². The van der Waals surface area contributed by atoms with Crippen LogP contribution in [0.25, 0.3) is 10.9 Å². The Hall–Kier alpha value is -4.04. The molecule has 9 heteroatoms. The lowest BCUT2D eigenvalue weighted by Gasteiger charge is -2.15. The number of para-hydroxylation sites is 1. The van der Waals surface area contributed by atoms with Crippen molar-refractivity contribution < 1.29 is 14.3 Å². The van der Waals surface area contributed by atoms with E-state index in [1.165, 1.54) is 4.57 Å². The second-order valence-electron chi connectivity index (χ2n) is 8.86. The summed E-state index contributed by atoms with van der Waals surface area (Å²) in [6.45, 7) is 1.06. The van der Waals surface area contributed by atoms with Crippen LogP contribution in [-0.2, 0) is 24.4 Å². The van der Waals surface area contributed by atoms with Gasteiger partial charge in [-0.1, -0.05) is 48.0 Å². The number of nitrogens with one attached hydrogen (secondary N) is 1. The van der Waals surface area contributed by atoms with Crippen molar-refractivity contribution in [1.82, 2.24) is 14.5 Å². The van der Waals surface area contributed by atoms with Crippen molar-refractivity contribution in [3.63, 3.8) is 0 Å². The number of nitrogens with zero attached hydrogens (tertiary/aromatic N) is 2. The first-order valence-corrected chi connectivity index (χ1v) is 12.5. The second-order valence-corrected chi connectivity index (χ2v) is 9.26. The maximum absolute atomic E-state index is 13.4. The van der Waals surface area contributed by atoms with E-state index in [0.717, 1.165) is 11.1 Å². The van der Waals surface area contributed by atoms with Crippen LogP contribution in [0.15, 0.2) is 76.3 Å². The van der Waals surface area contributed by atoms with Crippen molar-refractivity contribution in [2.24, 2.45) is 0 Å². The molecule has 0 spiro atoms. The molecule has 0 saturated carbocycles. The van der Waals surface area contributed by atoms with Gasteiger partial charge >= 0.3 is 5.69 Å². The Morgan fingerprint density at radius 2 is 1.70 bits per heavy atom. The summed E-state index contributed by atoms with van der Waals surface area (Å²) in [5.41, 5.74) is 1.55. The molecule has 1 amide bonds. The molecule has 37 heavy (non-hydrogen) atoms. The lowest BCUT2D eigenvalue weighted by Crippen LogP contribution is -2.40. The van der Waals surface area contributed by atoms with Gasteiger partial charge in [-0.3, -0.25) is 18.7 Å². The zero-order chi connectivity index (χ0) is 25.8. The van der Waals surface area contributed by atoms with Crippen molar-refractivity contribution in [1.29, 1.82) is 0 Å². The lowest BCUT2D eigenvalue weighted by atomic mass is 10.2. The molecule has 0 bridgehead atoms. The number of rotatable bonds is 9. The number of fused-ring (bicyclic) bond motifs is 2. The van der Waals surface area contributed by atoms with E-state index in [2.05, 4.69) is 5.32 Å².